The van der Waals surface area contributed by atoms with Crippen molar-refractivity contribution in [2.45, 2.75) is 77.5 Å². The lowest BCUT2D eigenvalue weighted by Crippen LogP contribution is -2.33. The Morgan fingerprint density at radius 3 is 1.88 bits per heavy atom. The fraction of sp³-hybridized carbons (Fsp3) is 0.923. The maximum atomic E-state index is 11.0. The highest BCUT2D eigenvalue weighted by Crippen LogP contribution is 2.10. The van der Waals surface area contributed by atoms with E-state index in [1.807, 2.05) is 5.32 Å². The van der Waals surface area contributed by atoms with Crippen molar-refractivity contribution < 1.29 is 15.0 Å². The molecule has 0 aliphatic heterocycles. The van der Waals surface area contributed by atoms with E-state index in [1.165, 1.54) is 44.9 Å². The summed E-state index contributed by atoms with van der Waals surface area (Å²) in [5, 5.41) is 19.0. The van der Waals surface area contributed by atoms with Crippen LogP contribution in [0, 0.1) is 0 Å². The van der Waals surface area contributed by atoms with Crippen molar-refractivity contribution in [3.05, 3.63) is 0 Å². The third-order valence-electron chi connectivity index (χ3n) is 2.80. The average Bonchev–Trinajstić information content (AvgIpc) is 2.26. The van der Waals surface area contributed by atoms with Crippen molar-refractivity contribution in [3.8, 4) is 0 Å². The molecule has 0 aliphatic rings. The number of amides is 1. The van der Waals surface area contributed by atoms with Crippen LogP contribution in [0.3, 0.4) is 0 Å². The highest BCUT2D eigenvalue weighted by molar-refractivity contribution is 5.75. The molecule has 0 rings (SSSR count). The largest absolute Gasteiger partial charge is 0.351 e. The second kappa shape index (κ2) is 11.9. The van der Waals surface area contributed by atoms with E-state index in [4.69, 9.17) is 10.2 Å². The van der Waals surface area contributed by atoms with E-state index in [2.05, 4.69) is 6.92 Å². The number of rotatable bonds is 11. The Bertz CT molecular complexity index is 184. The normalized spacial score (nSPS) is 10.8. The van der Waals surface area contributed by atoms with Gasteiger partial charge in [0.1, 0.15) is 0 Å². The van der Waals surface area contributed by atoms with Gasteiger partial charge in [-0.3, -0.25) is 4.79 Å². The number of hydrogen-bond acceptors (Lipinski definition) is 3. The Balaban J connectivity index is 3.10. The van der Waals surface area contributed by atoms with Gasteiger partial charge in [0.15, 0.2) is 0 Å². The van der Waals surface area contributed by atoms with Crippen molar-refractivity contribution in [2.24, 2.45) is 0 Å². The summed E-state index contributed by atoms with van der Waals surface area (Å²) in [7, 11) is 0. The Morgan fingerprint density at radius 1 is 0.941 bits per heavy atom. The SMILES string of the molecule is CCCCCCCCCCCC(=O)NC(O)O. The van der Waals surface area contributed by atoms with E-state index < -0.39 is 6.41 Å². The number of aliphatic hydroxyl groups is 2. The molecular formula is C13H27NO3. The average molecular weight is 245 g/mol. The Kier molecular flexibility index (Phi) is 11.4. The molecule has 0 saturated heterocycles. The van der Waals surface area contributed by atoms with E-state index in [1.54, 1.807) is 0 Å². The minimum Gasteiger partial charge on any atom is -0.351 e. The maximum absolute atomic E-state index is 11.0. The molecule has 3 N–H and O–H groups in total. The van der Waals surface area contributed by atoms with Gasteiger partial charge in [-0.05, 0) is 6.42 Å². The highest BCUT2D eigenvalue weighted by Gasteiger charge is 2.03. The van der Waals surface area contributed by atoms with Crippen LogP contribution in [0.2, 0.25) is 0 Å². The molecule has 0 atom stereocenters. The lowest BCUT2D eigenvalue weighted by atomic mass is 10.1. The molecule has 0 aromatic carbocycles. The van der Waals surface area contributed by atoms with Crippen molar-refractivity contribution in [3.63, 3.8) is 0 Å². The van der Waals surface area contributed by atoms with Crippen molar-refractivity contribution in [1.29, 1.82) is 0 Å². The van der Waals surface area contributed by atoms with Gasteiger partial charge in [-0.15, -0.1) is 0 Å². The van der Waals surface area contributed by atoms with E-state index in [-0.39, 0.29) is 5.91 Å². The molecular weight excluding hydrogens is 218 g/mol. The van der Waals surface area contributed by atoms with Crippen LogP contribution in [-0.4, -0.2) is 22.5 Å². The van der Waals surface area contributed by atoms with Crippen LogP contribution in [0.1, 0.15) is 71.1 Å². The highest BCUT2D eigenvalue weighted by atomic mass is 16.5. The van der Waals surface area contributed by atoms with Crippen LogP contribution in [0.4, 0.5) is 0 Å². The third-order valence-corrected chi connectivity index (χ3v) is 2.80. The van der Waals surface area contributed by atoms with Crippen LogP contribution in [0.25, 0.3) is 0 Å². The molecule has 1 amide bonds. The molecule has 0 saturated carbocycles. The predicted molar refractivity (Wildman–Crippen MR) is 68.2 cm³/mol. The zero-order valence-electron chi connectivity index (χ0n) is 11.0. The van der Waals surface area contributed by atoms with Gasteiger partial charge in [-0.25, -0.2) is 0 Å². The summed E-state index contributed by atoms with van der Waals surface area (Å²) < 4.78 is 0. The fourth-order valence-electron chi connectivity index (χ4n) is 1.81. The van der Waals surface area contributed by atoms with Gasteiger partial charge in [-0.1, -0.05) is 58.3 Å². The Labute approximate surface area is 104 Å². The summed E-state index contributed by atoms with van der Waals surface area (Å²) in [5.41, 5.74) is 0. The molecule has 17 heavy (non-hydrogen) atoms. The lowest BCUT2D eigenvalue weighted by molar-refractivity contribution is -0.134. The topological polar surface area (TPSA) is 69.6 Å². The van der Waals surface area contributed by atoms with Gasteiger partial charge in [0.25, 0.3) is 0 Å². The molecule has 0 radical (unpaired) electrons. The smallest absolute Gasteiger partial charge is 0.235 e. The summed E-state index contributed by atoms with van der Waals surface area (Å²) in [5.74, 6) is -0.289. The molecule has 0 aromatic heterocycles. The van der Waals surface area contributed by atoms with E-state index >= 15 is 0 Å². The van der Waals surface area contributed by atoms with Gasteiger partial charge < -0.3 is 15.5 Å². The van der Waals surface area contributed by atoms with E-state index in [9.17, 15) is 4.79 Å². The van der Waals surface area contributed by atoms with Crippen LogP contribution in [0.15, 0.2) is 0 Å². The first-order chi connectivity index (χ1) is 8.16. The van der Waals surface area contributed by atoms with E-state index in [0.717, 1.165) is 12.8 Å². The first-order valence-electron chi connectivity index (χ1n) is 6.82. The van der Waals surface area contributed by atoms with Crippen LogP contribution in [0.5, 0.6) is 0 Å². The summed E-state index contributed by atoms with van der Waals surface area (Å²) in [6, 6.07) is 0. The first-order valence-corrected chi connectivity index (χ1v) is 6.82. The van der Waals surface area contributed by atoms with Crippen LogP contribution < -0.4 is 5.32 Å². The second-order valence-corrected chi connectivity index (χ2v) is 4.52. The summed E-state index contributed by atoms with van der Waals surface area (Å²) in [4.78, 5) is 11.0. The van der Waals surface area contributed by atoms with Gasteiger partial charge >= 0.3 is 0 Å². The zero-order chi connectivity index (χ0) is 12.9. The van der Waals surface area contributed by atoms with Crippen LogP contribution >= 0.6 is 0 Å². The minimum atomic E-state index is -1.72. The second-order valence-electron chi connectivity index (χ2n) is 4.52. The van der Waals surface area contributed by atoms with Crippen LogP contribution in [-0.2, 0) is 4.79 Å². The Morgan fingerprint density at radius 2 is 1.41 bits per heavy atom. The standard InChI is InChI=1S/C13H27NO3/c1-2-3-4-5-6-7-8-9-10-11-12(15)14-13(16)17/h13,16-17H,2-11H2,1H3,(H,14,15). The maximum Gasteiger partial charge on any atom is 0.235 e. The van der Waals surface area contributed by atoms with Crippen molar-refractivity contribution in [2.75, 3.05) is 0 Å². The molecule has 0 fully saturated rings. The molecule has 0 aromatic rings. The van der Waals surface area contributed by atoms with E-state index in [0.29, 0.717) is 6.42 Å². The zero-order valence-corrected chi connectivity index (χ0v) is 11.0. The minimum absolute atomic E-state index is 0.289. The molecule has 0 heterocycles. The number of hydrogen-bond donors (Lipinski definition) is 3. The quantitative estimate of drug-likeness (QED) is 0.386. The molecule has 0 unspecified atom stereocenters. The van der Waals surface area contributed by atoms with Gasteiger partial charge in [0.2, 0.25) is 12.3 Å². The molecule has 4 nitrogen and oxygen atoms in total. The number of carbonyl (C=O) groups excluding carboxylic acids is 1. The molecule has 0 aliphatic carbocycles. The number of aliphatic hydroxyl groups excluding tert-OH is 1. The number of nitrogens with one attached hydrogen (secondary N) is 1. The Hall–Kier alpha value is -0.610. The summed E-state index contributed by atoms with van der Waals surface area (Å²) in [6.45, 7) is 2.22. The predicted octanol–water partition coefficient (Wildman–Crippen LogP) is 2.29. The van der Waals surface area contributed by atoms with Gasteiger partial charge in [0, 0.05) is 6.42 Å². The number of carbonyl (C=O) groups is 1. The molecule has 0 bridgehead atoms. The van der Waals surface area contributed by atoms with Gasteiger partial charge in [0.05, 0.1) is 0 Å². The van der Waals surface area contributed by atoms with Crippen molar-refractivity contribution in [1.82, 2.24) is 5.32 Å². The summed E-state index contributed by atoms with van der Waals surface area (Å²) in [6.07, 6.45) is 9.52. The molecule has 0 spiro atoms. The third kappa shape index (κ3) is 13.3. The molecule has 102 valence electrons. The summed E-state index contributed by atoms with van der Waals surface area (Å²) >= 11 is 0. The molecule has 4 heteroatoms. The number of unbranched alkanes of at least 4 members (excludes halogenated alkanes) is 8. The lowest BCUT2D eigenvalue weighted by Gasteiger charge is -2.06. The van der Waals surface area contributed by atoms with Crippen molar-refractivity contribution >= 4 is 5.91 Å². The first kappa shape index (κ1) is 16.4. The monoisotopic (exact) mass is 245 g/mol. The van der Waals surface area contributed by atoms with Gasteiger partial charge in [-0.2, -0.15) is 0 Å². The fourth-order valence-corrected chi connectivity index (χ4v) is 1.81.